The Morgan fingerprint density at radius 3 is 2.45 bits per heavy atom. The second-order valence-electron chi connectivity index (χ2n) is 6.56. The third kappa shape index (κ3) is 4.18. The Morgan fingerprint density at radius 2 is 1.95 bits per heavy atom. The summed E-state index contributed by atoms with van der Waals surface area (Å²) in [6.07, 6.45) is -0.0979. The maximum atomic E-state index is 14.1. The van der Waals surface area contributed by atoms with Gasteiger partial charge in [-0.2, -0.15) is 0 Å². The van der Waals surface area contributed by atoms with Crippen molar-refractivity contribution in [2.24, 2.45) is 17.1 Å². The molecule has 1 rings (SSSR count). The molecule has 114 valence electrons. The van der Waals surface area contributed by atoms with E-state index >= 15 is 0 Å². The number of rotatable bonds is 5. The average molecular weight is 302 g/mol. The van der Waals surface area contributed by atoms with Crippen molar-refractivity contribution >= 4 is 11.6 Å². The zero-order valence-corrected chi connectivity index (χ0v) is 13.4. The third-order valence-electron chi connectivity index (χ3n) is 4.17. The van der Waals surface area contributed by atoms with Gasteiger partial charge in [-0.05, 0) is 29.4 Å². The molecule has 3 unspecified atom stereocenters. The molecule has 1 aromatic carbocycles. The lowest BCUT2D eigenvalue weighted by Crippen LogP contribution is -2.31. The first-order valence-corrected chi connectivity index (χ1v) is 7.38. The molecule has 0 spiro atoms. The fraction of sp³-hybridized carbons (Fsp3) is 0.625. The molecule has 0 amide bonds. The lowest BCUT2D eigenvalue weighted by Gasteiger charge is -2.32. The van der Waals surface area contributed by atoms with Crippen LogP contribution >= 0.6 is 11.6 Å². The Kier molecular flexibility index (Phi) is 5.99. The van der Waals surface area contributed by atoms with Gasteiger partial charge in [0, 0.05) is 12.5 Å². The summed E-state index contributed by atoms with van der Waals surface area (Å²) in [6, 6.07) is 4.82. The van der Waals surface area contributed by atoms with Crippen molar-refractivity contribution in [3.8, 4) is 0 Å². The highest BCUT2D eigenvalue weighted by molar-refractivity contribution is 6.30. The lowest BCUT2D eigenvalue weighted by atomic mass is 9.76. The van der Waals surface area contributed by atoms with E-state index in [9.17, 15) is 9.50 Å². The lowest BCUT2D eigenvalue weighted by molar-refractivity contribution is 0.0884. The van der Waals surface area contributed by atoms with Crippen LogP contribution < -0.4 is 5.73 Å². The predicted molar refractivity (Wildman–Crippen MR) is 82.4 cm³/mol. The van der Waals surface area contributed by atoms with Crippen LogP contribution in [0.3, 0.4) is 0 Å². The minimum atomic E-state index is -0.679. The molecule has 0 aliphatic heterocycles. The first-order chi connectivity index (χ1) is 9.18. The van der Waals surface area contributed by atoms with E-state index in [2.05, 4.69) is 27.7 Å². The van der Waals surface area contributed by atoms with E-state index in [1.165, 1.54) is 6.07 Å². The fourth-order valence-corrected chi connectivity index (χ4v) is 2.36. The molecule has 0 saturated carbocycles. The van der Waals surface area contributed by atoms with E-state index in [4.69, 9.17) is 17.3 Å². The minimum Gasteiger partial charge on any atom is -0.392 e. The third-order valence-corrected chi connectivity index (χ3v) is 4.46. The molecule has 4 heteroatoms. The van der Waals surface area contributed by atoms with Crippen LogP contribution in [0.15, 0.2) is 18.2 Å². The zero-order chi connectivity index (χ0) is 15.5. The largest absolute Gasteiger partial charge is 0.392 e. The van der Waals surface area contributed by atoms with Crippen molar-refractivity contribution in [2.45, 2.75) is 46.1 Å². The van der Waals surface area contributed by atoms with Gasteiger partial charge in [0.1, 0.15) is 5.82 Å². The number of nitrogens with two attached hydrogens (primary N) is 1. The van der Waals surface area contributed by atoms with Gasteiger partial charge in [-0.25, -0.2) is 4.39 Å². The van der Waals surface area contributed by atoms with Gasteiger partial charge in [0.2, 0.25) is 0 Å². The summed E-state index contributed by atoms with van der Waals surface area (Å²) in [5.74, 6) is -0.612. The van der Waals surface area contributed by atoms with Crippen molar-refractivity contribution in [3.05, 3.63) is 34.6 Å². The maximum absolute atomic E-state index is 14.1. The van der Waals surface area contributed by atoms with E-state index in [-0.39, 0.29) is 17.0 Å². The summed E-state index contributed by atoms with van der Waals surface area (Å²) < 4.78 is 14.1. The monoisotopic (exact) mass is 301 g/mol. The molecule has 0 radical (unpaired) electrons. The van der Waals surface area contributed by atoms with Gasteiger partial charge in [-0.3, -0.25) is 0 Å². The molecule has 1 aromatic rings. The van der Waals surface area contributed by atoms with Crippen LogP contribution in [0, 0.1) is 17.2 Å². The first-order valence-electron chi connectivity index (χ1n) is 7.00. The minimum absolute atomic E-state index is 0.0667. The Balaban J connectivity index is 2.93. The number of aliphatic hydroxyl groups is 1. The van der Waals surface area contributed by atoms with E-state index in [1.807, 2.05) is 0 Å². The van der Waals surface area contributed by atoms with Gasteiger partial charge in [-0.15, -0.1) is 0 Å². The molecule has 20 heavy (non-hydrogen) atoms. The Labute approximate surface area is 126 Å². The quantitative estimate of drug-likeness (QED) is 0.865. The Bertz CT molecular complexity index is 445. The van der Waals surface area contributed by atoms with E-state index in [0.29, 0.717) is 17.9 Å². The summed E-state index contributed by atoms with van der Waals surface area (Å²) in [7, 11) is 0. The standard InChI is InChI=1S/C16H25ClFNO/c1-10(16(2,3)4)8-14(20)12(9-19)11-6-5-7-13(17)15(11)18/h5-7,10,12,14,20H,8-9,19H2,1-4H3. The van der Waals surface area contributed by atoms with Gasteiger partial charge >= 0.3 is 0 Å². The Morgan fingerprint density at radius 1 is 1.35 bits per heavy atom. The van der Waals surface area contributed by atoms with Crippen LogP contribution in [0.1, 0.15) is 45.6 Å². The van der Waals surface area contributed by atoms with Gasteiger partial charge in [0.05, 0.1) is 11.1 Å². The van der Waals surface area contributed by atoms with Crippen LogP contribution in [0.4, 0.5) is 4.39 Å². The second kappa shape index (κ2) is 6.88. The molecular formula is C16H25ClFNO. The fourth-order valence-electron chi connectivity index (χ4n) is 2.18. The maximum Gasteiger partial charge on any atom is 0.145 e. The molecule has 0 bridgehead atoms. The second-order valence-corrected chi connectivity index (χ2v) is 6.96. The molecule has 2 nitrogen and oxygen atoms in total. The summed E-state index contributed by atoms with van der Waals surface area (Å²) in [5.41, 5.74) is 6.23. The number of hydrogen-bond acceptors (Lipinski definition) is 2. The van der Waals surface area contributed by atoms with Crippen LogP contribution in [0.5, 0.6) is 0 Å². The summed E-state index contributed by atoms with van der Waals surface area (Å²) in [5, 5.41) is 10.5. The van der Waals surface area contributed by atoms with Gasteiger partial charge in [-0.1, -0.05) is 51.4 Å². The average Bonchev–Trinajstić information content (AvgIpc) is 2.34. The van der Waals surface area contributed by atoms with E-state index in [1.54, 1.807) is 12.1 Å². The summed E-state index contributed by atoms with van der Waals surface area (Å²) >= 11 is 5.80. The molecule has 0 saturated heterocycles. The SMILES string of the molecule is CC(CC(O)C(CN)c1cccc(Cl)c1F)C(C)(C)C. The molecule has 3 atom stereocenters. The van der Waals surface area contributed by atoms with Gasteiger partial charge in [0.15, 0.2) is 0 Å². The molecule has 0 aliphatic carbocycles. The van der Waals surface area contributed by atoms with Crippen LogP contribution in [-0.2, 0) is 0 Å². The summed E-state index contributed by atoms with van der Waals surface area (Å²) in [6.45, 7) is 8.66. The molecular weight excluding hydrogens is 277 g/mol. The van der Waals surface area contributed by atoms with Gasteiger partial charge in [0.25, 0.3) is 0 Å². The highest BCUT2D eigenvalue weighted by atomic mass is 35.5. The predicted octanol–water partition coefficient (Wildman–Crippen LogP) is 3.95. The number of hydrogen-bond donors (Lipinski definition) is 2. The highest BCUT2D eigenvalue weighted by Gasteiger charge is 2.29. The highest BCUT2D eigenvalue weighted by Crippen LogP contribution is 2.34. The van der Waals surface area contributed by atoms with Crippen LogP contribution in [0.2, 0.25) is 5.02 Å². The van der Waals surface area contributed by atoms with Crippen molar-refractivity contribution < 1.29 is 9.50 Å². The first kappa shape index (κ1) is 17.4. The Hall–Kier alpha value is -0.640. The van der Waals surface area contributed by atoms with Crippen molar-refractivity contribution in [1.82, 2.24) is 0 Å². The molecule has 0 aliphatic rings. The topological polar surface area (TPSA) is 46.2 Å². The summed E-state index contributed by atoms with van der Waals surface area (Å²) in [4.78, 5) is 0. The van der Waals surface area contributed by atoms with Crippen molar-refractivity contribution in [3.63, 3.8) is 0 Å². The zero-order valence-electron chi connectivity index (χ0n) is 12.7. The molecule has 3 N–H and O–H groups in total. The van der Waals surface area contributed by atoms with Gasteiger partial charge < -0.3 is 10.8 Å². The number of benzene rings is 1. The normalized spacial score (nSPS) is 16.8. The van der Waals surface area contributed by atoms with Crippen LogP contribution in [0.25, 0.3) is 0 Å². The van der Waals surface area contributed by atoms with E-state index < -0.39 is 17.8 Å². The molecule has 0 fully saturated rings. The number of aliphatic hydroxyl groups excluding tert-OH is 1. The molecule has 0 aromatic heterocycles. The van der Waals surface area contributed by atoms with Crippen molar-refractivity contribution in [2.75, 3.05) is 6.54 Å². The van der Waals surface area contributed by atoms with Crippen LogP contribution in [-0.4, -0.2) is 17.8 Å². The van der Waals surface area contributed by atoms with E-state index in [0.717, 1.165) is 0 Å². The van der Waals surface area contributed by atoms with Crippen molar-refractivity contribution in [1.29, 1.82) is 0 Å². The smallest absolute Gasteiger partial charge is 0.145 e. The number of halogens is 2. The molecule has 0 heterocycles.